The highest BCUT2D eigenvalue weighted by molar-refractivity contribution is 8.01. The van der Waals surface area contributed by atoms with Crippen molar-refractivity contribution in [1.29, 1.82) is 0 Å². The SMILES string of the molecule is CC(C)(C)OC(=O)N1CSC2(CCCC2)[C@H]1C(=O)O. The third kappa shape index (κ3) is 2.83. The smallest absolute Gasteiger partial charge is 0.411 e. The van der Waals surface area contributed by atoms with E-state index in [-0.39, 0.29) is 4.75 Å². The monoisotopic (exact) mass is 287 g/mol. The molecule has 19 heavy (non-hydrogen) atoms. The summed E-state index contributed by atoms with van der Waals surface area (Å²) in [4.78, 5) is 25.1. The molecule has 2 aliphatic rings. The second-order valence-corrected chi connectivity index (χ2v) is 7.60. The Morgan fingerprint density at radius 3 is 2.37 bits per heavy atom. The minimum atomic E-state index is -0.919. The van der Waals surface area contributed by atoms with Crippen LogP contribution in [0, 0.1) is 0 Å². The van der Waals surface area contributed by atoms with Crippen molar-refractivity contribution < 1.29 is 19.4 Å². The number of thioether (sulfide) groups is 1. The number of carbonyl (C=O) groups excluding carboxylic acids is 1. The van der Waals surface area contributed by atoms with Crippen LogP contribution >= 0.6 is 11.8 Å². The molecule has 1 saturated heterocycles. The first kappa shape index (κ1) is 14.5. The summed E-state index contributed by atoms with van der Waals surface area (Å²) in [6.45, 7) is 5.36. The predicted molar refractivity (Wildman–Crippen MR) is 73.2 cm³/mol. The van der Waals surface area contributed by atoms with Crippen molar-refractivity contribution in [3.63, 3.8) is 0 Å². The average Bonchev–Trinajstić information content (AvgIpc) is 2.84. The van der Waals surface area contributed by atoms with Crippen LogP contribution in [-0.2, 0) is 9.53 Å². The van der Waals surface area contributed by atoms with E-state index in [0.717, 1.165) is 25.7 Å². The Morgan fingerprint density at radius 2 is 1.89 bits per heavy atom. The van der Waals surface area contributed by atoms with Gasteiger partial charge in [0.25, 0.3) is 0 Å². The summed E-state index contributed by atoms with van der Waals surface area (Å²) in [5.41, 5.74) is -0.601. The first-order valence-corrected chi connectivity index (χ1v) is 7.60. The number of carboxylic acids is 1. The Morgan fingerprint density at radius 1 is 1.32 bits per heavy atom. The third-order valence-electron chi connectivity index (χ3n) is 3.61. The molecule has 0 aromatic carbocycles. The van der Waals surface area contributed by atoms with Crippen LogP contribution in [0.1, 0.15) is 46.5 Å². The van der Waals surface area contributed by atoms with E-state index in [0.29, 0.717) is 5.88 Å². The molecule has 2 fully saturated rings. The van der Waals surface area contributed by atoms with Crippen LogP contribution in [0.4, 0.5) is 4.79 Å². The molecule has 0 radical (unpaired) electrons. The van der Waals surface area contributed by atoms with Crippen LogP contribution in [0.5, 0.6) is 0 Å². The van der Waals surface area contributed by atoms with Crippen LogP contribution in [0.2, 0.25) is 0 Å². The number of aliphatic carboxylic acids is 1. The molecule has 1 amide bonds. The number of carboxylic acid groups (broad SMARTS) is 1. The lowest BCUT2D eigenvalue weighted by Gasteiger charge is -2.31. The number of carbonyl (C=O) groups is 2. The van der Waals surface area contributed by atoms with Gasteiger partial charge in [-0.05, 0) is 33.6 Å². The van der Waals surface area contributed by atoms with Crippen molar-refractivity contribution in [2.24, 2.45) is 0 Å². The summed E-state index contributed by atoms with van der Waals surface area (Å²) in [6.07, 6.45) is 3.30. The van der Waals surface area contributed by atoms with Gasteiger partial charge in [0.05, 0.1) is 5.88 Å². The van der Waals surface area contributed by atoms with Gasteiger partial charge in [0, 0.05) is 4.75 Å². The Hall–Kier alpha value is -0.910. The molecule has 2 rings (SSSR count). The highest BCUT2D eigenvalue weighted by Gasteiger charge is 2.55. The van der Waals surface area contributed by atoms with E-state index in [4.69, 9.17) is 4.74 Å². The molecule has 1 heterocycles. The fraction of sp³-hybridized carbons (Fsp3) is 0.846. The molecule has 108 valence electrons. The molecule has 1 aliphatic carbocycles. The van der Waals surface area contributed by atoms with Gasteiger partial charge in [-0.1, -0.05) is 12.8 Å². The summed E-state index contributed by atoms with van der Waals surface area (Å²) >= 11 is 1.60. The quantitative estimate of drug-likeness (QED) is 0.803. The van der Waals surface area contributed by atoms with Gasteiger partial charge in [0.15, 0.2) is 0 Å². The first-order chi connectivity index (χ1) is 8.75. The molecule has 1 atom stereocenters. The van der Waals surface area contributed by atoms with Gasteiger partial charge in [0.2, 0.25) is 0 Å². The van der Waals surface area contributed by atoms with Gasteiger partial charge in [0.1, 0.15) is 11.6 Å². The summed E-state index contributed by atoms with van der Waals surface area (Å²) in [5.74, 6) is -0.510. The molecular weight excluding hydrogens is 266 g/mol. The Kier molecular flexibility index (Phi) is 3.73. The Labute approximate surface area is 117 Å². The van der Waals surface area contributed by atoms with Crippen LogP contribution in [-0.4, -0.2) is 44.3 Å². The van der Waals surface area contributed by atoms with E-state index in [1.807, 2.05) is 0 Å². The summed E-state index contributed by atoms with van der Waals surface area (Å²) < 4.78 is 5.01. The first-order valence-electron chi connectivity index (χ1n) is 6.62. The molecule has 0 bridgehead atoms. The van der Waals surface area contributed by atoms with Crippen molar-refractivity contribution in [2.75, 3.05) is 5.88 Å². The molecule has 5 nitrogen and oxygen atoms in total. The standard InChI is InChI=1S/C13H21NO4S/c1-12(2,3)18-11(17)14-8-19-13(6-4-5-7-13)9(14)10(15)16/h9H,4-8H2,1-3H3,(H,15,16)/t9-/m1/s1. The molecule has 1 N–H and O–H groups in total. The van der Waals surface area contributed by atoms with Crippen LogP contribution in [0.3, 0.4) is 0 Å². The maximum Gasteiger partial charge on any atom is 0.411 e. The van der Waals surface area contributed by atoms with Crippen LogP contribution < -0.4 is 0 Å². The van der Waals surface area contributed by atoms with Gasteiger partial charge < -0.3 is 9.84 Å². The molecule has 0 aromatic heterocycles. The van der Waals surface area contributed by atoms with Gasteiger partial charge in [-0.2, -0.15) is 0 Å². The Bertz CT molecular complexity index is 385. The van der Waals surface area contributed by atoms with Gasteiger partial charge in [-0.25, -0.2) is 9.59 Å². The minimum Gasteiger partial charge on any atom is -0.480 e. The fourth-order valence-corrected chi connectivity index (χ4v) is 4.48. The van der Waals surface area contributed by atoms with Gasteiger partial charge >= 0.3 is 12.1 Å². The Balaban J connectivity index is 2.17. The normalized spacial score (nSPS) is 25.8. The van der Waals surface area contributed by atoms with E-state index in [9.17, 15) is 14.7 Å². The van der Waals surface area contributed by atoms with Gasteiger partial charge in [-0.3, -0.25) is 4.90 Å². The van der Waals surface area contributed by atoms with E-state index in [2.05, 4.69) is 0 Å². The second-order valence-electron chi connectivity index (χ2n) is 6.24. The number of hydrogen-bond acceptors (Lipinski definition) is 4. The topological polar surface area (TPSA) is 66.8 Å². The zero-order valence-corrected chi connectivity index (χ0v) is 12.5. The maximum atomic E-state index is 12.1. The molecule has 1 saturated carbocycles. The number of ether oxygens (including phenoxy) is 1. The highest BCUT2D eigenvalue weighted by Crippen LogP contribution is 2.51. The molecule has 1 spiro atoms. The zero-order chi connectivity index (χ0) is 14.3. The lowest BCUT2D eigenvalue weighted by Crippen LogP contribution is -2.51. The van der Waals surface area contributed by atoms with Crippen LogP contribution in [0.25, 0.3) is 0 Å². The average molecular weight is 287 g/mol. The fourth-order valence-electron chi connectivity index (χ4n) is 2.86. The number of rotatable bonds is 1. The molecule has 0 aromatic rings. The van der Waals surface area contributed by atoms with Crippen molar-refractivity contribution in [3.05, 3.63) is 0 Å². The molecule has 1 aliphatic heterocycles. The third-order valence-corrected chi connectivity index (χ3v) is 5.23. The van der Waals surface area contributed by atoms with Crippen molar-refractivity contribution in [1.82, 2.24) is 4.90 Å². The van der Waals surface area contributed by atoms with Crippen molar-refractivity contribution in [3.8, 4) is 0 Å². The zero-order valence-electron chi connectivity index (χ0n) is 11.6. The number of nitrogens with zero attached hydrogens (tertiary/aromatic N) is 1. The summed E-state index contributed by atoms with van der Waals surface area (Å²) in [5, 5.41) is 9.49. The molecular formula is C13H21NO4S. The van der Waals surface area contributed by atoms with Gasteiger partial charge in [-0.15, -0.1) is 11.8 Å². The number of hydrogen-bond donors (Lipinski definition) is 1. The van der Waals surface area contributed by atoms with Crippen molar-refractivity contribution >= 4 is 23.8 Å². The summed E-state index contributed by atoms with van der Waals surface area (Å²) in [6, 6.07) is -0.755. The predicted octanol–water partition coefficient (Wildman–Crippen LogP) is 2.69. The van der Waals surface area contributed by atoms with E-state index >= 15 is 0 Å². The largest absolute Gasteiger partial charge is 0.480 e. The minimum absolute atomic E-state index is 0.303. The van der Waals surface area contributed by atoms with E-state index < -0.39 is 23.7 Å². The highest BCUT2D eigenvalue weighted by atomic mass is 32.2. The second kappa shape index (κ2) is 4.89. The van der Waals surface area contributed by atoms with Crippen molar-refractivity contribution in [2.45, 2.75) is 62.8 Å². The lowest BCUT2D eigenvalue weighted by molar-refractivity contribution is -0.143. The maximum absolute atomic E-state index is 12.1. The molecule has 0 unspecified atom stereocenters. The van der Waals surface area contributed by atoms with E-state index in [1.165, 1.54) is 4.90 Å². The number of amides is 1. The van der Waals surface area contributed by atoms with E-state index in [1.54, 1.807) is 32.5 Å². The molecule has 6 heteroatoms. The van der Waals surface area contributed by atoms with Crippen LogP contribution in [0.15, 0.2) is 0 Å². The lowest BCUT2D eigenvalue weighted by atomic mass is 9.96. The summed E-state index contributed by atoms with van der Waals surface area (Å²) in [7, 11) is 0.